The van der Waals surface area contributed by atoms with Crippen molar-refractivity contribution >= 4 is 81.2 Å². The third-order valence-electron chi connectivity index (χ3n) is 7.99. The van der Waals surface area contributed by atoms with Crippen LogP contribution in [0.25, 0.3) is 0 Å². The van der Waals surface area contributed by atoms with E-state index in [2.05, 4.69) is 20.8 Å². The molecule has 0 radical (unpaired) electrons. The minimum Gasteiger partial charge on any atom is -0.461 e. The molecule has 3 aromatic rings. The number of carbonyl (C=O) groups excluding carboxylic acids is 6. The van der Waals surface area contributed by atoms with Crippen molar-refractivity contribution < 1.29 is 47.8 Å². The van der Waals surface area contributed by atoms with Crippen molar-refractivity contribution in [1.82, 2.24) is 15.2 Å². The van der Waals surface area contributed by atoms with Crippen LogP contribution in [0.3, 0.4) is 0 Å². The summed E-state index contributed by atoms with van der Waals surface area (Å²) in [5, 5.41) is 9.90. The van der Waals surface area contributed by atoms with Gasteiger partial charge in [0.15, 0.2) is 16.9 Å². The first-order chi connectivity index (χ1) is 26.5. The Morgan fingerprint density at radius 3 is 2.20 bits per heavy atom. The molecule has 1 saturated heterocycles. The Hall–Kier alpha value is -5.26. The van der Waals surface area contributed by atoms with Crippen molar-refractivity contribution in [2.75, 3.05) is 23.6 Å². The van der Waals surface area contributed by atoms with E-state index in [0.29, 0.717) is 16.7 Å². The molecule has 3 amide bonds. The van der Waals surface area contributed by atoms with E-state index in [4.69, 9.17) is 30.6 Å². The molecule has 56 heavy (non-hydrogen) atoms. The number of halogens is 1. The van der Waals surface area contributed by atoms with Crippen molar-refractivity contribution in [3.63, 3.8) is 0 Å². The average molecular weight is 826 g/mol. The molecule has 0 bridgehead atoms. The fourth-order valence-electron chi connectivity index (χ4n) is 5.32. The number of thiazole rings is 1. The molecule has 296 valence electrons. The number of amides is 3. The van der Waals surface area contributed by atoms with E-state index in [1.54, 1.807) is 20.8 Å². The smallest absolute Gasteiger partial charge is 0.356 e. The van der Waals surface area contributed by atoms with Gasteiger partial charge in [0.05, 0.1) is 0 Å². The lowest BCUT2D eigenvalue weighted by atomic mass is 10.0. The summed E-state index contributed by atoms with van der Waals surface area (Å²) >= 11 is 7.83. The number of nitrogens with one attached hydrogen (secondary N) is 2. The fraction of sp³-hybridized carbons (Fsp3) is 0.368. The van der Waals surface area contributed by atoms with Crippen LogP contribution in [0.1, 0.15) is 64.5 Å². The molecule has 3 heterocycles. The van der Waals surface area contributed by atoms with Crippen LogP contribution in [-0.4, -0.2) is 92.1 Å². The maximum absolute atomic E-state index is 14.2. The number of carbonyl (C=O) groups is 6. The van der Waals surface area contributed by atoms with Gasteiger partial charge in [-0.05, 0) is 45.7 Å². The van der Waals surface area contributed by atoms with Gasteiger partial charge in [0.2, 0.25) is 11.5 Å². The number of rotatable bonds is 14. The van der Waals surface area contributed by atoms with Gasteiger partial charge in [0, 0.05) is 23.6 Å². The van der Waals surface area contributed by atoms with E-state index in [1.165, 1.54) is 42.8 Å². The Labute approximate surface area is 336 Å². The van der Waals surface area contributed by atoms with E-state index in [9.17, 15) is 28.8 Å². The Morgan fingerprint density at radius 2 is 1.62 bits per heavy atom. The van der Waals surface area contributed by atoms with Gasteiger partial charge in [-0.2, -0.15) is 0 Å². The molecule has 2 aliphatic heterocycles. The Balaban J connectivity index is 1.42. The van der Waals surface area contributed by atoms with Gasteiger partial charge in [0.25, 0.3) is 11.8 Å². The summed E-state index contributed by atoms with van der Waals surface area (Å²) in [7, 11) is 0. The zero-order valence-electron chi connectivity index (χ0n) is 31.3. The molecule has 5 rings (SSSR count). The number of esters is 3. The number of ether oxygens (including phenoxy) is 3. The Morgan fingerprint density at radius 1 is 1.00 bits per heavy atom. The number of alkyl halides is 1. The number of aromatic nitrogens is 1. The van der Waals surface area contributed by atoms with Gasteiger partial charge >= 0.3 is 17.9 Å². The summed E-state index contributed by atoms with van der Waals surface area (Å²) in [6, 6.07) is 17.0. The number of thioether (sulfide) groups is 1. The molecule has 1 aromatic heterocycles. The average Bonchev–Trinajstić information content (AvgIpc) is 3.62. The maximum atomic E-state index is 14.2. The highest BCUT2D eigenvalue weighted by Gasteiger charge is 2.55. The molecule has 0 spiro atoms. The number of nitrogens with zero attached hydrogens (tertiary/aromatic N) is 3. The fourth-order valence-corrected chi connectivity index (χ4v) is 7.43. The normalized spacial score (nSPS) is 17.0. The van der Waals surface area contributed by atoms with Gasteiger partial charge < -0.3 is 29.7 Å². The minimum atomic E-state index is -1.66. The van der Waals surface area contributed by atoms with Crippen LogP contribution in [0.15, 0.2) is 82.5 Å². The number of anilines is 1. The summed E-state index contributed by atoms with van der Waals surface area (Å²) in [6.45, 7) is 8.81. The summed E-state index contributed by atoms with van der Waals surface area (Å²) < 4.78 is 16.8. The molecule has 15 nitrogen and oxygen atoms in total. The summed E-state index contributed by atoms with van der Waals surface area (Å²) in [4.78, 5) is 89.7. The van der Waals surface area contributed by atoms with E-state index < -0.39 is 70.1 Å². The van der Waals surface area contributed by atoms with Gasteiger partial charge in [0.1, 0.15) is 40.9 Å². The lowest BCUT2D eigenvalue weighted by Crippen LogP contribution is -2.71. The summed E-state index contributed by atoms with van der Waals surface area (Å²) in [5.74, 6) is -4.46. The highest BCUT2D eigenvalue weighted by atomic mass is 35.5. The zero-order valence-corrected chi connectivity index (χ0v) is 33.7. The molecule has 0 aliphatic carbocycles. The van der Waals surface area contributed by atoms with Crippen LogP contribution >= 0.6 is 34.7 Å². The molecular formula is C38H40ClN5O10S2. The molecule has 2 aromatic carbocycles. The highest BCUT2D eigenvalue weighted by molar-refractivity contribution is 8.00. The zero-order chi connectivity index (χ0) is 40.8. The highest BCUT2D eigenvalue weighted by Crippen LogP contribution is 2.42. The van der Waals surface area contributed by atoms with E-state index in [1.807, 2.05) is 60.7 Å². The van der Waals surface area contributed by atoms with Crippen LogP contribution in [0.5, 0.6) is 0 Å². The van der Waals surface area contributed by atoms with Crippen LogP contribution in [0, 0.1) is 0 Å². The molecular weight excluding hydrogens is 786 g/mol. The topological polar surface area (TPSA) is 192 Å². The first kappa shape index (κ1) is 41.9. The molecule has 2 N–H and O–H groups in total. The largest absolute Gasteiger partial charge is 0.461 e. The standard InChI is InChI=1S/C38H40ClN5O10S2/c1-21(45)51-18-24-19-55-33-28(32(48)44(33)29(24)34(49)52-30(22-13-9-7-10-14-22)23-15-11-8-12-16-23)42-31(47)27(25-20-56-36(40-25)41-26(46)17-39)43-54-38(5,6)35(50)53-37(2,3)4/h7-16,20,28,30,33H,17-19H2,1-6H3,(H,42,47)(H,40,41,46)/t28-,33-/m1/s1. The van der Waals surface area contributed by atoms with Crippen molar-refractivity contribution in [3.8, 4) is 0 Å². The number of hydrogen-bond acceptors (Lipinski definition) is 14. The molecule has 1 fully saturated rings. The first-order valence-corrected chi connectivity index (χ1v) is 19.7. The summed E-state index contributed by atoms with van der Waals surface area (Å²) in [5.41, 5.74) is -1.35. The third kappa shape index (κ3) is 10.1. The Kier molecular flexibility index (Phi) is 13.2. The number of benzene rings is 2. The second-order valence-corrected chi connectivity index (χ2v) is 16.2. The number of hydrogen-bond donors (Lipinski definition) is 2. The van der Waals surface area contributed by atoms with Crippen molar-refractivity contribution in [1.29, 1.82) is 0 Å². The van der Waals surface area contributed by atoms with Crippen LogP contribution in [-0.2, 0) is 47.8 Å². The second kappa shape index (κ2) is 17.7. The monoisotopic (exact) mass is 825 g/mol. The van der Waals surface area contributed by atoms with Crippen LogP contribution in [0.2, 0.25) is 0 Å². The quantitative estimate of drug-likeness (QED) is 0.0569. The van der Waals surface area contributed by atoms with Gasteiger partial charge in [-0.1, -0.05) is 65.8 Å². The SMILES string of the molecule is CC(=O)OCC1=C(C(=O)OC(c2ccccc2)c2ccccc2)N2C(=O)[C@@H](NC(=O)C(=NOC(C)(C)C(=O)OC(C)(C)C)c3csc(NC(=O)CCl)n3)[C@H]2SC1. The molecule has 0 unspecified atom stereocenters. The predicted octanol–water partition coefficient (Wildman–Crippen LogP) is 4.71. The van der Waals surface area contributed by atoms with Crippen molar-refractivity contribution in [3.05, 3.63) is 94.1 Å². The lowest BCUT2D eigenvalue weighted by Gasteiger charge is -2.49. The van der Waals surface area contributed by atoms with Crippen molar-refractivity contribution in [2.45, 2.75) is 70.3 Å². The van der Waals surface area contributed by atoms with E-state index >= 15 is 0 Å². The number of oxime groups is 1. The van der Waals surface area contributed by atoms with Crippen molar-refractivity contribution in [2.24, 2.45) is 5.16 Å². The molecule has 0 saturated carbocycles. The van der Waals surface area contributed by atoms with Crippen LogP contribution < -0.4 is 10.6 Å². The predicted molar refractivity (Wildman–Crippen MR) is 209 cm³/mol. The third-order valence-corrected chi connectivity index (χ3v) is 10.3. The molecule has 2 aliphatic rings. The van der Waals surface area contributed by atoms with Crippen LogP contribution in [0.4, 0.5) is 5.13 Å². The van der Waals surface area contributed by atoms with Gasteiger partial charge in [-0.15, -0.1) is 34.7 Å². The van der Waals surface area contributed by atoms with E-state index in [-0.39, 0.29) is 34.8 Å². The minimum absolute atomic E-state index is 0.0435. The first-order valence-electron chi connectivity index (χ1n) is 17.2. The van der Waals surface area contributed by atoms with E-state index in [0.717, 1.165) is 11.3 Å². The van der Waals surface area contributed by atoms with Gasteiger partial charge in [-0.25, -0.2) is 14.6 Å². The molecule has 18 heteroatoms. The Bertz CT molecular complexity index is 2010. The molecule has 2 atom stereocenters. The lowest BCUT2D eigenvalue weighted by molar-refractivity contribution is -0.179. The maximum Gasteiger partial charge on any atom is 0.356 e. The van der Waals surface area contributed by atoms with Gasteiger partial charge in [-0.3, -0.25) is 24.1 Å². The summed E-state index contributed by atoms with van der Waals surface area (Å²) in [6.07, 6.45) is -0.840. The number of β-lactam (4-membered cyclic amide) rings is 1. The number of fused-ring (bicyclic) bond motifs is 1. The second-order valence-electron chi connectivity index (χ2n) is 14.0.